The van der Waals surface area contributed by atoms with Gasteiger partial charge in [0.1, 0.15) is 17.8 Å². The number of oxazole rings is 1. The zero-order valence-corrected chi connectivity index (χ0v) is 14.9. The van der Waals surface area contributed by atoms with Gasteiger partial charge in [-0.05, 0) is 66.7 Å². The molecule has 1 heterocycles. The first-order chi connectivity index (χ1) is 13.1. The number of amides is 1. The van der Waals surface area contributed by atoms with Gasteiger partial charge in [0.25, 0.3) is 5.91 Å². The second-order valence-electron chi connectivity index (χ2n) is 7.83. The Balaban J connectivity index is 1.14. The van der Waals surface area contributed by atoms with Gasteiger partial charge in [0.2, 0.25) is 5.89 Å². The van der Waals surface area contributed by atoms with Crippen LogP contribution >= 0.6 is 0 Å². The average Bonchev–Trinajstić information content (AvgIpc) is 3.09. The van der Waals surface area contributed by atoms with Crippen molar-refractivity contribution in [2.45, 2.75) is 25.9 Å². The molecule has 1 aromatic heterocycles. The molecule has 0 saturated heterocycles. The summed E-state index contributed by atoms with van der Waals surface area (Å²) in [5.41, 5.74) is 0.793. The highest BCUT2D eigenvalue weighted by Crippen LogP contribution is 2.69. The van der Waals surface area contributed by atoms with E-state index >= 15 is 0 Å². The number of carbonyl (C=O) groups is 1. The second kappa shape index (κ2) is 6.22. The van der Waals surface area contributed by atoms with E-state index in [2.05, 4.69) is 22.5 Å². The number of rotatable bonds is 6. The molecule has 3 atom stereocenters. The van der Waals surface area contributed by atoms with E-state index < -0.39 is 0 Å². The Morgan fingerprint density at radius 2 is 2.11 bits per heavy atom. The molecule has 140 valence electrons. The van der Waals surface area contributed by atoms with Gasteiger partial charge in [-0.2, -0.15) is 0 Å². The van der Waals surface area contributed by atoms with Gasteiger partial charge >= 0.3 is 0 Å². The number of hydrogen-bond acceptors (Lipinski definition) is 4. The Kier molecular flexibility index (Phi) is 3.81. The lowest BCUT2D eigenvalue weighted by atomic mass is 9.89. The number of allylic oxidation sites excluding steroid dienone is 2. The van der Waals surface area contributed by atoms with Gasteiger partial charge in [-0.1, -0.05) is 12.2 Å². The molecule has 5 nitrogen and oxygen atoms in total. The van der Waals surface area contributed by atoms with Crippen molar-refractivity contribution in [1.82, 2.24) is 10.3 Å². The van der Waals surface area contributed by atoms with Crippen LogP contribution in [-0.2, 0) is 6.61 Å². The molecule has 2 aromatic rings. The number of hydrogen-bond donors (Lipinski definition) is 1. The number of halogens is 1. The molecular weight excluding hydrogens is 347 g/mol. The molecule has 2 bridgehead atoms. The molecule has 0 radical (unpaired) electrons. The molecule has 1 spiro atoms. The van der Waals surface area contributed by atoms with Gasteiger partial charge in [-0.15, -0.1) is 0 Å². The molecule has 1 N–H and O–H groups in total. The van der Waals surface area contributed by atoms with Gasteiger partial charge in [-0.25, -0.2) is 9.37 Å². The largest absolute Gasteiger partial charge is 0.484 e. The summed E-state index contributed by atoms with van der Waals surface area (Å²) in [5.74, 6) is 2.15. The van der Waals surface area contributed by atoms with Crippen LogP contribution in [0.2, 0.25) is 0 Å². The van der Waals surface area contributed by atoms with E-state index in [-0.39, 0.29) is 24.0 Å². The predicted molar refractivity (Wildman–Crippen MR) is 95.5 cm³/mol. The number of nitrogens with zero attached hydrogens (tertiary/aromatic N) is 1. The minimum absolute atomic E-state index is 0.0820. The van der Waals surface area contributed by atoms with E-state index in [1.165, 1.54) is 49.8 Å². The molecule has 0 aliphatic heterocycles. The lowest BCUT2D eigenvalue weighted by Gasteiger charge is -2.19. The van der Waals surface area contributed by atoms with Crippen molar-refractivity contribution in [2.75, 3.05) is 6.54 Å². The van der Waals surface area contributed by atoms with Crippen LogP contribution in [0.1, 0.15) is 35.6 Å². The summed E-state index contributed by atoms with van der Waals surface area (Å²) >= 11 is 0. The lowest BCUT2D eigenvalue weighted by molar-refractivity contribution is 0.0939. The molecular formula is C21H21FN2O3. The topological polar surface area (TPSA) is 64.4 Å². The minimum atomic E-state index is -0.323. The smallest absolute Gasteiger partial charge is 0.273 e. The molecule has 5 rings (SSSR count). The predicted octanol–water partition coefficient (Wildman–Crippen LogP) is 3.72. The highest BCUT2D eigenvalue weighted by Gasteiger charge is 2.62. The van der Waals surface area contributed by atoms with Crippen LogP contribution in [0.15, 0.2) is 47.1 Å². The Bertz CT molecular complexity index is 885. The highest BCUT2D eigenvalue weighted by molar-refractivity contribution is 5.91. The maximum atomic E-state index is 12.9. The fourth-order valence-corrected chi connectivity index (χ4v) is 4.83. The van der Waals surface area contributed by atoms with Gasteiger partial charge in [0, 0.05) is 6.54 Å². The first-order valence-corrected chi connectivity index (χ1v) is 9.43. The Morgan fingerprint density at radius 1 is 1.30 bits per heavy atom. The first-order valence-electron chi connectivity index (χ1n) is 9.43. The van der Waals surface area contributed by atoms with Crippen molar-refractivity contribution in [2.24, 2.45) is 23.2 Å². The van der Waals surface area contributed by atoms with Crippen LogP contribution in [0.4, 0.5) is 4.39 Å². The van der Waals surface area contributed by atoms with Crippen LogP contribution in [0.3, 0.4) is 0 Å². The summed E-state index contributed by atoms with van der Waals surface area (Å²) in [6.45, 7) is 0.763. The first kappa shape index (κ1) is 16.5. The highest BCUT2D eigenvalue weighted by atomic mass is 19.1. The van der Waals surface area contributed by atoms with Crippen molar-refractivity contribution in [3.8, 4) is 5.75 Å². The molecule has 3 aliphatic carbocycles. The van der Waals surface area contributed by atoms with E-state index in [4.69, 9.17) is 9.15 Å². The number of nitrogens with one attached hydrogen (secondary N) is 1. The van der Waals surface area contributed by atoms with Gasteiger partial charge in [0.15, 0.2) is 12.3 Å². The summed E-state index contributed by atoms with van der Waals surface area (Å²) in [4.78, 5) is 16.6. The summed E-state index contributed by atoms with van der Waals surface area (Å²) in [5, 5.41) is 3.01. The SMILES string of the molecule is O=C(NC[C@H]1C[C@H]2C=C[C@H]1C21CC1)c1coc(COc2ccc(F)cc2)n1. The maximum absolute atomic E-state index is 12.9. The van der Waals surface area contributed by atoms with E-state index in [1.807, 2.05) is 0 Å². The van der Waals surface area contributed by atoms with Crippen LogP contribution in [-0.4, -0.2) is 17.4 Å². The summed E-state index contributed by atoms with van der Waals surface area (Å²) in [6, 6.07) is 5.70. The van der Waals surface area contributed by atoms with E-state index in [9.17, 15) is 9.18 Å². The van der Waals surface area contributed by atoms with Gasteiger partial charge in [0.05, 0.1) is 0 Å². The normalized spacial score (nSPS) is 26.5. The average molecular weight is 368 g/mol. The molecule has 2 fully saturated rings. The van der Waals surface area contributed by atoms with E-state index in [0.717, 1.165) is 0 Å². The quantitative estimate of drug-likeness (QED) is 0.789. The standard InChI is InChI=1S/C21H21FN2O3/c22-15-2-4-16(5-3-15)26-12-19-24-18(11-27-19)20(25)23-10-13-9-14-1-6-17(13)21(14)7-8-21/h1-6,11,13-14,17H,7-10,12H2,(H,23,25)/t13-,14-,17-/m1/s1. The minimum Gasteiger partial charge on any atom is -0.484 e. The van der Waals surface area contributed by atoms with Crippen LogP contribution in [0.25, 0.3) is 0 Å². The fraction of sp³-hybridized carbons (Fsp3) is 0.429. The molecule has 2 saturated carbocycles. The Hall–Kier alpha value is -2.63. The van der Waals surface area contributed by atoms with Crippen molar-refractivity contribution in [3.63, 3.8) is 0 Å². The van der Waals surface area contributed by atoms with E-state index in [0.29, 0.717) is 41.4 Å². The maximum Gasteiger partial charge on any atom is 0.273 e. The third-order valence-electron chi connectivity index (χ3n) is 6.33. The number of benzene rings is 1. The van der Waals surface area contributed by atoms with Crippen LogP contribution < -0.4 is 10.1 Å². The second-order valence-corrected chi connectivity index (χ2v) is 7.83. The molecule has 0 unspecified atom stereocenters. The third kappa shape index (κ3) is 2.93. The zero-order chi connectivity index (χ0) is 18.4. The lowest BCUT2D eigenvalue weighted by Crippen LogP contribution is -2.31. The molecule has 6 heteroatoms. The van der Waals surface area contributed by atoms with Crippen LogP contribution in [0.5, 0.6) is 5.75 Å². The summed E-state index contributed by atoms with van der Waals surface area (Å²) in [6.07, 6.45) is 9.93. The number of carbonyl (C=O) groups excluding carboxylic acids is 1. The molecule has 1 amide bonds. The fourth-order valence-electron chi connectivity index (χ4n) is 4.83. The van der Waals surface area contributed by atoms with Crippen molar-refractivity contribution >= 4 is 5.91 Å². The zero-order valence-electron chi connectivity index (χ0n) is 14.9. The molecule has 3 aliphatic rings. The summed E-state index contributed by atoms with van der Waals surface area (Å²) < 4.78 is 23.7. The third-order valence-corrected chi connectivity index (χ3v) is 6.33. The van der Waals surface area contributed by atoms with Crippen LogP contribution in [0, 0.1) is 29.0 Å². The van der Waals surface area contributed by atoms with Crippen molar-refractivity contribution in [1.29, 1.82) is 0 Å². The number of ether oxygens (including phenoxy) is 1. The summed E-state index contributed by atoms with van der Waals surface area (Å²) in [7, 11) is 0. The van der Waals surface area contributed by atoms with Crippen molar-refractivity contribution < 1.29 is 18.3 Å². The monoisotopic (exact) mass is 368 g/mol. The van der Waals surface area contributed by atoms with Gasteiger partial charge in [-0.3, -0.25) is 4.79 Å². The molecule has 1 aromatic carbocycles. The Morgan fingerprint density at radius 3 is 2.85 bits per heavy atom. The van der Waals surface area contributed by atoms with Crippen molar-refractivity contribution in [3.05, 3.63) is 60.1 Å². The van der Waals surface area contributed by atoms with E-state index in [1.54, 1.807) is 0 Å². The van der Waals surface area contributed by atoms with Gasteiger partial charge < -0.3 is 14.5 Å². The molecule has 27 heavy (non-hydrogen) atoms. The number of aromatic nitrogens is 1. The Labute approximate surface area is 156 Å².